The molecule has 1 aliphatic carbocycles. The smallest absolute Gasteiger partial charge is 0.233 e. The minimum Gasteiger partial charge on any atom is -0.382 e. The fourth-order valence-electron chi connectivity index (χ4n) is 2.68. The van der Waals surface area contributed by atoms with Crippen molar-refractivity contribution in [2.24, 2.45) is 0 Å². The molecule has 1 unspecified atom stereocenters. The first-order valence-electron chi connectivity index (χ1n) is 8.60. The lowest BCUT2D eigenvalue weighted by Crippen LogP contribution is -2.32. The number of carbonyl (C=O) groups excluding carboxylic acids is 1. The van der Waals surface area contributed by atoms with Gasteiger partial charge in [-0.05, 0) is 57.6 Å². The lowest BCUT2D eigenvalue weighted by Gasteiger charge is -2.18. The minimum absolute atomic E-state index is 0.0279. The van der Waals surface area contributed by atoms with Gasteiger partial charge in [-0.1, -0.05) is 11.8 Å². The number of pyridine rings is 1. The molecule has 1 aromatic rings. The quantitative estimate of drug-likeness (QED) is 0.578. The normalized spacial score (nSPS) is 14.5. The zero-order valence-electron chi connectivity index (χ0n) is 14.4. The first-order valence-corrected chi connectivity index (χ1v) is 9.48. The van der Waals surface area contributed by atoms with Crippen LogP contribution in [0.3, 0.4) is 0 Å². The Morgan fingerprint density at radius 2 is 2.29 bits per heavy atom. The Morgan fingerprint density at radius 1 is 1.50 bits per heavy atom. The maximum Gasteiger partial charge on any atom is 0.233 e. The SMILES string of the molecule is CCOCCCNC(=O)C(C)Sc1nc2c(cc1C#N)CCCC2. The van der Waals surface area contributed by atoms with E-state index in [0.29, 0.717) is 30.3 Å². The summed E-state index contributed by atoms with van der Waals surface area (Å²) in [5, 5.41) is 12.7. The maximum atomic E-state index is 12.2. The van der Waals surface area contributed by atoms with Crippen LogP contribution in [-0.2, 0) is 22.4 Å². The predicted molar refractivity (Wildman–Crippen MR) is 95.0 cm³/mol. The summed E-state index contributed by atoms with van der Waals surface area (Å²) in [6, 6.07) is 4.18. The first-order chi connectivity index (χ1) is 11.7. The number of nitrogens with zero attached hydrogens (tertiary/aromatic N) is 2. The molecule has 1 aliphatic rings. The summed E-state index contributed by atoms with van der Waals surface area (Å²) in [7, 11) is 0. The largest absolute Gasteiger partial charge is 0.382 e. The van der Waals surface area contributed by atoms with Crippen LogP contribution in [0.25, 0.3) is 0 Å². The van der Waals surface area contributed by atoms with Crippen LogP contribution in [0.1, 0.15) is 49.9 Å². The molecule has 0 bridgehead atoms. The van der Waals surface area contributed by atoms with Crippen LogP contribution in [-0.4, -0.2) is 35.9 Å². The van der Waals surface area contributed by atoms with Gasteiger partial charge in [0.05, 0.1) is 10.8 Å². The molecule has 0 aromatic carbocycles. The minimum atomic E-state index is -0.279. The second kappa shape index (κ2) is 9.65. The molecule has 0 saturated carbocycles. The van der Waals surface area contributed by atoms with E-state index < -0.39 is 0 Å². The van der Waals surface area contributed by atoms with Crippen molar-refractivity contribution in [1.29, 1.82) is 5.26 Å². The van der Waals surface area contributed by atoms with Crippen molar-refractivity contribution >= 4 is 17.7 Å². The summed E-state index contributed by atoms with van der Waals surface area (Å²) in [5.41, 5.74) is 2.86. The van der Waals surface area contributed by atoms with Crippen molar-refractivity contribution in [3.05, 3.63) is 22.9 Å². The van der Waals surface area contributed by atoms with Crippen LogP contribution in [0.5, 0.6) is 0 Å². The number of aryl methyl sites for hydroxylation is 2. The Kier molecular flexibility index (Phi) is 7.54. The van der Waals surface area contributed by atoms with Gasteiger partial charge in [-0.2, -0.15) is 5.26 Å². The van der Waals surface area contributed by atoms with Crippen molar-refractivity contribution in [3.63, 3.8) is 0 Å². The van der Waals surface area contributed by atoms with Crippen molar-refractivity contribution in [2.45, 2.75) is 56.2 Å². The molecule has 130 valence electrons. The van der Waals surface area contributed by atoms with E-state index >= 15 is 0 Å². The average molecular weight is 347 g/mol. The van der Waals surface area contributed by atoms with Gasteiger partial charge >= 0.3 is 0 Å². The number of fused-ring (bicyclic) bond motifs is 1. The number of nitrogens with one attached hydrogen (secondary N) is 1. The Morgan fingerprint density at radius 3 is 3.04 bits per heavy atom. The molecule has 5 nitrogen and oxygen atoms in total. The van der Waals surface area contributed by atoms with E-state index in [1.807, 2.05) is 19.9 Å². The van der Waals surface area contributed by atoms with Gasteiger partial charge in [0.25, 0.3) is 0 Å². The molecule has 1 amide bonds. The summed E-state index contributed by atoms with van der Waals surface area (Å²) in [5.74, 6) is -0.0279. The molecule has 2 rings (SSSR count). The zero-order valence-corrected chi connectivity index (χ0v) is 15.2. The Hall–Kier alpha value is -1.58. The second-order valence-corrected chi connectivity index (χ2v) is 7.20. The standard InChI is InChI=1S/C18H25N3O2S/c1-3-23-10-6-9-20-17(22)13(2)24-18-15(12-19)11-14-7-4-5-8-16(14)21-18/h11,13H,3-10H2,1-2H3,(H,20,22). The molecule has 6 heteroatoms. The summed E-state index contributed by atoms with van der Waals surface area (Å²) < 4.78 is 5.25. The van der Waals surface area contributed by atoms with Crippen LogP contribution < -0.4 is 5.32 Å². The first kappa shape index (κ1) is 18.8. The third kappa shape index (κ3) is 5.22. The summed E-state index contributed by atoms with van der Waals surface area (Å²) in [6.07, 6.45) is 5.07. The van der Waals surface area contributed by atoms with E-state index in [2.05, 4.69) is 16.4 Å². The summed E-state index contributed by atoms with van der Waals surface area (Å²) >= 11 is 1.37. The molecule has 0 saturated heterocycles. The molecule has 1 N–H and O–H groups in total. The molecule has 0 aliphatic heterocycles. The highest BCUT2D eigenvalue weighted by atomic mass is 32.2. The van der Waals surface area contributed by atoms with Crippen molar-refractivity contribution in [2.75, 3.05) is 19.8 Å². The summed E-state index contributed by atoms with van der Waals surface area (Å²) in [6.45, 7) is 5.76. The number of carbonyl (C=O) groups is 1. The fraction of sp³-hybridized carbons (Fsp3) is 0.611. The maximum absolute atomic E-state index is 12.2. The Balaban J connectivity index is 1.94. The molecule has 0 spiro atoms. The number of rotatable bonds is 8. The number of hydrogen-bond acceptors (Lipinski definition) is 5. The molecule has 1 atom stereocenters. The van der Waals surface area contributed by atoms with Gasteiger partial charge in [0.2, 0.25) is 5.91 Å². The number of amides is 1. The lowest BCUT2D eigenvalue weighted by atomic mass is 9.95. The van der Waals surface area contributed by atoms with E-state index in [1.165, 1.54) is 17.3 Å². The third-order valence-corrected chi connectivity index (χ3v) is 5.11. The fourth-order valence-corrected chi connectivity index (χ4v) is 3.60. The highest BCUT2D eigenvalue weighted by molar-refractivity contribution is 8.00. The molecule has 1 aromatic heterocycles. The summed E-state index contributed by atoms with van der Waals surface area (Å²) in [4.78, 5) is 16.9. The lowest BCUT2D eigenvalue weighted by molar-refractivity contribution is -0.120. The van der Waals surface area contributed by atoms with Crippen LogP contribution in [0.2, 0.25) is 0 Å². The Bertz CT molecular complexity index is 613. The zero-order chi connectivity index (χ0) is 17.4. The number of nitriles is 1. The van der Waals surface area contributed by atoms with E-state index in [-0.39, 0.29) is 11.2 Å². The average Bonchev–Trinajstić information content (AvgIpc) is 2.60. The highest BCUT2D eigenvalue weighted by Crippen LogP contribution is 2.29. The van der Waals surface area contributed by atoms with Crippen LogP contribution >= 0.6 is 11.8 Å². The van der Waals surface area contributed by atoms with Crippen molar-refractivity contribution < 1.29 is 9.53 Å². The molecular formula is C18H25N3O2S. The van der Waals surface area contributed by atoms with Gasteiger partial charge in [0.1, 0.15) is 11.1 Å². The van der Waals surface area contributed by atoms with Gasteiger partial charge in [-0.15, -0.1) is 0 Å². The molecule has 24 heavy (non-hydrogen) atoms. The van der Waals surface area contributed by atoms with Crippen molar-refractivity contribution in [3.8, 4) is 6.07 Å². The monoisotopic (exact) mass is 347 g/mol. The number of ether oxygens (including phenoxy) is 1. The van der Waals surface area contributed by atoms with E-state index in [9.17, 15) is 10.1 Å². The van der Waals surface area contributed by atoms with Crippen LogP contribution in [0.4, 0.5) is 0 Å². The topological polar surface area (TPSA) is 75.0 Å². The molecule has 1 heterocycles. The van der Waals surface area contributed by atoms with E-state index in [1.54, 1.807) is 0 Å². The van der Waals surface area contributed by atoms with Crippen LogP contribution in [0.15, 0.2) is 11.1 Å². The van der Waals surface area contributed by atoms with Crippen LogP contribution in [0, 0.1) is 11.3 Å². The van der Waals surface area contributed by atoms with Gasteiger partial charge < -0.3 is 10.1 Å². The second-order valence-electron chi connectivity index (χ2n) is 5.87. The predicted octanol–water partition coefficient (Wildman–Crippen LogP) is 2.86. The highest BCUT2D eigenvalue weighted by Gasteiger charge is 2.20. The van der Waals surface area contributed by atoms with Gasteiger partial charge in [0, 0.05) is 25.5 Å². The molecule has 0 radical (unpaired) electrons. The number of hydrogen-bond donors (Lipinski definition) is 1. The van der Waals surface area contributed by atoms with Gasteiger partial charge in [0.15, 0.2) is 0 Å². The number of aromatic nitrogens is 1. The van der Waals surface area contributed by atoms with Gasteiger partial charge in [-0.3, -0.25) is 4.79 Å². The Labute approximate surface area is 148 Å². The van der Waals surface area contributed by atoms with E-state index in [4.69, 9.17) is 4.74 Å². The van der Waals surface area contributed by atoms with Gasteiger partial charge in [-0.25, -0.2) is 4.98 Å². The number of thioether (sulfide) groups is 1. The molecular weight excluding hydrogens is 322 g/mol. The molecule has 0 fully saturated rings. The van der Waals surface area contributed by atoms with Crippen molar-refractivity contribution in [1.82, 2.24) is 10.3 Å². The van der Waals surface area contributed by atoms with E-state index in [0.717, 1.165) is 37.8 Å². The third-order valence-electron chi connectivity index (χ3n) is 4.01.